The summed E-state index contributed by atoms with van der Waals surface area (Å²) in [5, 5.41) is 16.4. The molecule has 1 unspecified atom stereocenters. The Labute approximate surface area is 122 Å². The maximum Gasteiger partial charge on any atom is 0.315 e. The number of aliphatic carboxylic acids is 1. The highest BCUT2D eigenvalue weighted by Crippen LogP contribution is 2.16. The van der Waals surface area contributed by atoms with E-state index in [-0.39, 0.29) is 18.9 Å². The molecule has 0 aliphatic carbocycles. The fourth-order valence-corrected chi connectivity index (χ4v) is 1.74. The monoisotopic (exact) mass is 293 g/mol. The molecule has 0 aromatic heterocycles. The number of carbonyl (C=O) groups excluding carboxylic acids is 2. The first-order valence-electron chi connectivity index (χ1n) is 6.60. The van der Waals surface area contributed by atoms with Crippen LogP contribution in [0.3, 0.4) is 0 Å². The number of rotatable bonds is 7. The topological polar surface area (TPSA) is 108 Å². The van der Waals surface area contributed by atoms with Gasteiger partial charge in [-0.15, -0.1) is 0 Å². The molecule has 1 aromatic carbocycles. The first-order valence-corrected chi connectivity index (χ1v) is 6.60. The van der Waals surface area contributed by atoms with Crippen LogP contribution in [-0.2, 0) is 9.59 Å². The minimum atomic E-state index is -1.02. The maximum absolute atomic E-state index is 11.7. The van der Waals surface area contributed by atoms with Crippen molar-refractivity contribution in [2.45, 2.75) is 19.4 Å². The molecule has 21 heavy (non-hydrogen) atoms. The normalized spacial score (nSPS) is 11.3. The molecule has 1 rings (SSSR count). The summed E-state index contributed by atoms with van der Waals surface area (Å²) in [5.74, 6) is -1.32. The van der Waals surface area contributed by atoms with Crippen LogP contribution in [0.25, 0.3) is 0 Å². The van der Waals surface area contributed by atoms with Gasteiger partial charge in [-0.05, 0) is 12.5 Å². The molecule has 7 nitrogen and oxygen atoms in total. The molecule has 114 valence electrons. The van der Waals surface area contributed by atoms with Crippen LogP contribution in [-0.4, -0.2) is 36.1 Å². The van der Waals surface area contributed by atoms with Gasteiger partial charge in [-0.3, -0.25) is 9.59 Å². The van der Waals surface area contributed by atoms with Crippen molar-refractivity contribution in [1.82, 2.24) is 16.0 Å². The number of nitrogens with one attached hydrogen (secondary N) is 3. The van der Waals surface area contributed by atoms with Gasteiger partial charge >= 0.3 is 12.0 Å². The Hall–Kier alpha value is -2.57. The van der Waals surface area contributed by atoms with Gasteiger partial charge in [0.1, 0.15) is 0 Å². The van der Waals surface area contributed by atoms with Gasteiger partial charge in [-0.1, -0.05) is 30.3 Å². The number of carboxylic acids is 1. The van der Waals surface area contributed by atoms with E-state index in [4.69, 9.17) is 5.11 Å². The molecule has 7 heteroatoms. The zero-order valence-corrected chi connectivity index (χ0v) is 11.8. The van der Waals surface area contributed by atoms with Gasteiger partial charge in [-0.25, -0.2) is 4.79 Å². The lowest BCUT2D eigenvalue weighted by Gasteiger charge is -2.17. The highest BCUT2D eigenvalue weighted by atomic mass is 16.4. The molecule has 0 saturated carbocycles. The molecule has 4 N–H and O–H groups in total. The number of hydrogen-bond acceptors (Lipinski definition) is 3. The second-order valence-corrected chi connectivity index (χ2v) is 4.34. The van der Waals surface area contributed by atoms with E-state index in [9.17, 15) is 14.4 Å². The average molecular weight is 293 g/mol. The zero-order valence-electron chi connectivity index (χ0n) is 11.8. The van der Waals surface area contributed by atoms with E-state index >= 15 is 0 Å². The second-order valence-electron chi connectivity index (χ2n) is 4.34. The Morgan fingerprint density at radius 1 is 1.14 bits per heavy atom. The molecule has 1 aromatic rings. The quantitative estimate of drug-likeness (QED) is 0.591. The van der Waals surface area contributed by atoms with Crippen LogP contribution in [0.4, 0.5) is 4.79 Å². The van der Waals surface area contributed by atoms with E-state index in [1.54, 1.807) is 37.3 Å². The number of amides is 3. The lowest BCUT2D eigenvalue weighted by atomic mass is 10.0. The number of carbonyl (C=O) groups is 3. The van der Waals surface area contributed by atoms with Crippen molar-refractivity contribution >= 4 is 17.9 Å². The summed E-state index contributed by atoms with van der Waals surface area (Å²) in [4.78, 5) is 33.8. The Balaban J connectivity index is 2.58. The summed E-state index contributed by atoms with van der Waals surface area (Å²) < 4.78 is 0. The summed E-state index contributed by atoms with van der Waals surface area (Å²) in [7, 11) is 0. The van der Waals surface area contributed by atoms with E-state index in [0.717, 1.165) is 0 Å². The number of urea groups is 1. The first kappa shape index (κ1) is 16.5. The van der Waals surface area contributed by atoms with Crippen molar-refractivity contribution in [2.24, 2.45) is 0 Å². The van der Waals surface area contributed by atoms with Crippen molar-refractivity contribution < 1.29 is 19.5 Å². The lowest BCUT2D eigenvalue weighted by molar-refractivity contribution is -0.137. The number of carboxylic acid groups (broad SMARTS) is 1. The molecule has 0 spiro atoms. The molecule has 0 heterocycles. The van der Waals surface area contributed by atoms with Crippen LogP contribution in [0, 0.1) is 0 Å². The maximum atomic E-state index is 11.7. The summed E-state index contributed by atoms with van der Waals surface area (Å²) in [6.07, 6.45) is -0.238. The van der Waals surface area contributed by atoms with E-state index < -0.39 is 18.0 Å². The molecule has 0 radical (unpaired) electrons. The van der Waals surface area contributed by atoms with E-state index in [1.165, 1.54) is 0 Å². The van der Waals surface area contributed by atoms with Crippen molar-refractivity contribution in [1.29, 1.82) is 0 Å². The minimum Gasteiger partial charge on any atom is -0.481 e. The van der Waals surface area contributed by atoms with Gasteiger partial charge in [0.05, 0.1) is 19.0 Å². The van der Waals surface area contributed by atoms with Crippen LogP contribution in [0.5, 0.6) is 0 Å². The molecule has 0 bridgehead atoms. The summed E-state index contributed by atoms with van der Waals surface area (Å²) in [6.45, 7) is 2.10. The van der Waals surface area contributed by atoms with Crippen molar-refractivity contribution in [3.05, 3.63) is 35.9 Å². The van der Waals surface area contributed by atoms with Crippen LogP contribution in [0.1, 0.15) is 24.9 Å². The highest BCUT2D eigenvalue weighted by Gasteiger charge is 2.18. The van der Waals surface area contributed by atoms with Crippen molar-refractivity contribution in [3.8, 4) is 0 Å². The Bertz CT molecular complexity index is 490. The Kier molecular flexibility index (Phi) is 6.73. The largest absolute Gasteiger partial charge is 0.481 e. The molecular formula is C14H19N3O4. The third-order valence-electron chi connectivity index (χ3n) is 2.67. The standard InChI is InChI=1S/C14H19N3O4/c1-2-15-12(18)9-16-14(21)17-11(8-13(19)20)10-6-4-3-5-7-10/h3-7,11H,2,8-9H2,1H3,(H,15,18)(H,19,20)(H2,16,17,21). The van der Waals surface area contributed by atoms with Crippen LogP contribution < -0.4 is 16.0 Å². The van der Waals surface area contributed by atoms with Gasteiger partial charge in [0.25, 0.3) is 0 Å². The molecular weight excluding hydrogens is 274 g/mol. The van der Waals surface area contributed by atoms with Gasteiger partial charge in [0.15, 0.2) is 0 Å². The molecule has 1 atom stereocenters. The summed E-state index contributed by atoms with van der Waals surface area (Å²) in [5.41, 5.74) is 0.688. The molecule has 0 fully saturated rings. The Morgan fingerprint density at radius 3 is 2.38 bits per heavy atom. The summed E-state index contributed by atoms with van der Waals surface area (Å²) >= 11 is 0. The van der Waals surface area contributed by atoms with E-state index in [1.807, 2.05) is 0 Å². The first-order chi connectivity index (χ1) is 10.0. The predicted molar refractivity (Wildman–Crippen MR) is 76.7 cm³/mol. The smallest absolute Gasteiger partial charge is 0.315 e. The number of likely N-dealkylation sites (N-methyl/N-ethyl adjacent to an activating group) is 1. The molecule has 0 aliphatic heterocycles. The summed E-state index contributed by atoms with van der Waals surface area (Å²) in [6, 6.07) is 7.55. The fourth-order valence-electron chi connectivity index (χ4n) is 1.74. The SMILES string of the molecule is CCNC(=O)CNC(=O)NC(CC(=O)O)c1ccccc1. The van der Waals surface area contributed by atoms with Gasteiger partial charge in [-0.2, -0.15) is 0 Å². The van der Waals surface area contributed by atoms with Gasteiger partial charge in [0, 0.05) is 6.54 Å². The number of benzene rings is 1. The minimum absolute atomic E-state index is 0.158. The Morgan fingerprint density at radius 2 is 1.81 bits per heavy atom. The predicted octanol–water partition coefficient (Wildman–Crippen LogP) is 0.638. The number of hydrogen-bond donors (Lipinski definition) is 4. The highest BCUT2D eigenvalue weighted by molar-refractivity contribution is 5.84. The third-order valence-corrected chi connectivity index (χ3v) is 2.67. The van der Waals surface area contributed by atoms with Crippen LogP contribution >= 0.6 is 0 Å². The van der Waals surface area contributed by atoms with E-state index in [0.29, 0.717) is 12.1 Å². The van der Waals surface area contributed by atoms with Gasteiger partial charge in [0.2, 0.25) is 5.91 Å². The van der Waals surface area contributed by atoms with Crippen molar-refractivity contribution in [2.75, 3.05) is 13.1 Å². The third kappa shape index (κ3) is 6.42. The van der Waals surface area contributed by atoms with E-state index in [2.05, 4.69) is 16.0 Å². The fraction of sp³-hybridized carbons (Fsp3) is 0.357. The molecule has 0 aliphatic rings. The second kappa shape index (κ2) is 8.57. The lowest BCUT2D eigenvalue weighted by Crippen LogP contribution is -2.43. The molecule has 3 amide bonds. The molecule has 0 saturated heterocycles. The van der Waals surface area contributed by atoms with Crippen LogP contribution in [0.2, 0.25) is 0 Å². The van der Waals surface area contributed by atoms with Gasteiger partial charge < -0.3 is 21.1 Å². The zero-order chi connectivity index (χ0) is 15.7. The van der Waals surface area contributed by atoms with Crippen LogP contribution in [0.15, 0.2) is 30.3 Å². The van der Waals surface area contributed by atoms with Crippen molar-refractivity contribution in [3.63, 3.8) is 0 Å². The average Bonchev–Trinajstić information content (AvgIpc) is 2.45.